The van der Waals surface area contributed by atoms with Crippen LogP contribution < -0.4 is 5.32 Å². The monoisotopic (exact) mass is 614 g/mol. The zero-order valence-electron chi connectivity index (χ0n) is 22.6. The fourth-order valence-electron chi connectivity index (χ4n) is 3.25. The van der Waals surface area contributed by atoms with E-state index in [1.807, 2.05) is 13.8 Å². The van der Waals surface area contributed by atoms with Crippen LogP contribution in [0.5, 0.6) is 0 Å². The lowest BCUT2D eigenvalue weighted by Gasteiger charge is -2.23. The number of carboxylic acid groups (broad SMARTS) is 2. The summed E-state index contributed by atoms with van der Waals surface area (Å²) < 4.78 is 103. The minimum atomic E-state index is -5.08. The minimum absolute atomic E-state index is 0.0766. The third-order valence-electron chi connectivity index (χ3n) is 5.31. The zero-order chi connectivity index (χ0) is 31.6. The highest BCUT2D eigenvalue weighted by Crippen LogP contribution is 2.30. The molecule has 2 saturated heterocycles. The standard InChI is InChI=1S/C16H24FNOS.C4H8FN.2C2HF3O2/c1-11-8-13(16(3,4)5)9-12(2)15(11)20(19)18-7-6-14(17)10-18;5-4-1-2-6-3-4;2*3-2(4,5)1(6)7/h8-9,14H,6-7,10H2,1-5H3;4,6H,1-3H2;2*(H,6,7). The van der Waals surface area contributed by atoms with Crippen LogP contribution in [0.15, 0.2) is 17.0 Å². The molecule has 3 atom stereocenters. The van der Waals surface area contributed by atoms with Crippen LogP contribution in [0.1, 0.15) is 50.3 Å². The molecule has 232 valence electrons. The van der Waals surface area contributed by atoms with Gasteiger partial charge in [0.05, 0.1) is 4.90 Å². The van der Waals surface area contributed by atoms with Crippen molar-refractivity contribution in [2.45, 2.75) is 82.5 Å². The van der Waals surface area contributed by atoms with Gasteiger partial charge in [-0.15, -0.1) is 0 Å². The number of rotatable bonds is 2. The van der Waals surface area contributed by atoms with Gasteiger partial charge in [0.2, 0.25) is 0 Å². The first kappa shape index (κ1) is 37.7. The van der Waals surface area contributed by atoms with Gasteiger partial charge in [0, 0.05) is 19.6 Å². The van der Waals surface area contributed by atoms with Gasteiger partial charge in [0.15, 0.2) is 0 Å². The third kappa shape index (κ3) is 13.8. The molecule has 0 aliphatic carbocycles. The summed E-state index contributed by atoms with van der Waals surface area (Å²) in [7, 11) is -1.24. The van der Waals surface area contributed by atoms with Gasteiger partial charge < -0.3 is 15.5 Å². The van der Waals surface area contributed by atoms with E-state index in [1.54, 1.807) is 4.31 Å². The van der Waals surface area contributed by atoms with Crippen molar-refractivity contribution in [2.24, 2.45) is 0 Å². The van der Waals surface area contributed by atoms with Crippen LogP contribution in [0, 0.1) is 13.8 Å². The average molecular weight is 615 g/mol. The predicted molar refractivity (Wildman–Crippen MR) is 132 cm³/mol. The van der Waals surface area contributed by atoms with Crippen LogP contribution in [0.25, 0.3) is 0 Å². The van der Waals surface area contributed by atoms with Gasteiger partial charge in [-0.2, -0.15) is 26.3 Å². The molecule has 2 aliphatic heterocycles. The molecule has 3 rings (SSSR count). The summed E-state index contributed by atoms with van der Waals surface area (Å²) in [5.41, 5.74) is 3.40. The maximum absolute atomic E-state index is 13.3. The molecule has 2 aliphatic rings. The highest BCUT2D eigenvalue weighted by Gasteiger charge is 2.39. The van der Waals surface area contributed by atoms with E-state index in [-0.39, 0.29) is 12.0 Å². The normalized spacial score (nSPS) is 20.2. The molecule has 0 amide bonds. The molecule has 16 heteroatoms. The number of benzene rings is 1. The zero-order valence-corrected chi connectivity index (χ0v) is 23.4. The average Bonchev–Trinajstić information content (AvgIpc) is 3.43. The predicted octanol–water partition coefficient (Wildman–Crippen LogP) is 5.25. The van der Waals surface area contributed by atoms with Crippen molar-refractivity contribution in [3.05, 3.63) is 28.8 Å². The molecule has 1 aromatic rings. The number of nitrogens with zero attached hydrogens (tertiary/aromatic N) is 1. The first-order valence-electron chi connectivity index (χ1n) is 11.9. The molecule has 0 saturated carbocycles. The highest BCUT2D eigenvalue weighted by atomic mass is 32.2. The van der Waals surface area contributed by atoms with Crippen molar-refractivity contribution in [1.82, 2.24) is 9.62 Å². The Morgan fingerprint density at radius 2 is 1.32 bits per heavy atom. The minimum Gasteiger partial charge on any atom is -0.475 e. The van der Waals surface area contributed by atoms with E-state index in [0.717, 1.165) is 22.6 Å². The number of carbonyl (C=O) groups is 2. The quantitative estimate of drug-likeness (QED) is 0.393. The Kier molecular flexibility index (Phi) is 14.7. The highest BCUT2D eigenvalue weighted by molar-refractivity contribution is 7.82. The van der Waals surface area contributed by atoms with Crippen LogP contribution in [0.2, 0.25) is 0 Å². The Morgan fingerprint density at radius 3 is 1.55 bits per heavy atom. The number of aryl methyl sites for hydroxylation is 2. The maximum Gasteiger partial charge on any atom is 0.490 e. The van der Waals surface area contributed by atoms with Crippen LogP contribution in [-0.4, -0.2) is 81.5 Å². The molecule has 0 spiro atoms. The maximum atomic E-state index is 13.3. The second kappa shape index (κ2) is 15.6. The van der Waals surface area contributed by atoms with Crippen LogP contribution in [-0.2, 0) is 26.0 Å². The summed E-state index contributed by atoms with van der Waals surface area (Å²) in [5, 5.41) is 17.1. The van der Waals surface area contributed by atoms with Gasteiger partial charge in [-0.25, -0.2) is 26.9 Å². The molecule has 2 heterocycles. The van der Waals surface area contributed by atoms with Crippen LogP contribution in [0.3, 0.4) is 0 Å². The van der Waals surface area contributed by atoms with Crippen molar-refractivity contribution in [2.75, 3.05) is 26.2 Å². The van der Waals surface area contributed by atoms with E-state index < -0.39 is 47.6 Å². The number of carboxylic acids is 2. The lowest BCUT2D eigenvalue weighted by Crippen LogP contribution is -2.25. The Labute approximate surface area is 229 Å². The van der Waals surface area contributed by atoms with Gasteiger partial charge >= 0.3 is 24.3 Å². The van der Waals surface area contributed by atoms with E-state index in [2.05, 4.69) is 38.2 Å². The fraction of sp³-hybridized carbons (Fsp3) is 0.667. The molecule has 40 heavy (non-hydrogen) atoms. The second-order valence-electron chi connectivity index (χ2n) is 9.91. The lowest BCUT2D eigenvalue weighted by atomic mass is 9.85. The third-order valence-corrected chi connectivity index (χ3v) is 7.11. The summed E-state index contributed by atoms with van der Waals surface area (Å²) in [6.45, 7) is 12.8. The first-order valence-corrected chi connectivity index (χ1v) is 13.0. The smallest absolute Gasteiger partial charge is 0.475 e. The second-order valence-corrected chi connectivity index (χ2v) is 11.3. The summed E-state index contributed by atoms with van der Waals surface area (Å²) in [5.74, 6) is -5.51. The van der Waals surface area contributed by atoms with Crippen molar-refractivity contribution >= 4 is 22.9 Å². The summed E-state index contributed by atoms with van der Waals surface area (Å²) in [4.78, 5) is 18.6. The van der Waals surface area contributed by atoms with Crippen molar-refractivity contribution in [1.29, 1.82) is 0 Å². The van der Waals surface area contributed by atoms with E-state index in [0.29, 0.717) is 25.9 Å². The number of alkyl halides is 8. The molecule has 1 aromatic carbocycles. The molecule has 7 nitrogen and oxygen atoms in total. The fourth-order valence-corrected chi connectivity index (χ4v) is 4.74. The summed E-state index contributed by atoms with van der Waals surface area (Å²) >= 11 is 0. The van der Waals surface area contributed by atoms with Gasteiger partial charge in [-0.05, 0) is 55.3 Å². The molecular formula is C24H34F8N2O5S. The number of halogens is 8. The Bertz CT molecular complexity index is 959. The number of hydrogen-bond donors (Lipinski definition) is 3. The molecule has 0 radical (unpaired) electrons. The molecule has 0 aromatic heterocycles. The first-order chi connectivity index (χ1) is 18.0. The van der Waals surface area contributed by atoms with Crippen molar-refractivity contribution in [3.8, 4) is 0 Å². The van der Waals surface area contributed by atoms with E-state index in [9.17, 15) is 39.3 Å². The SMILES string of the molecule is Cc1cc(C(C)(C)C)cc(C)c1S(=O)N1CCC(F)C1.FC1CCNC1.O=C(O)C(F)(F)F.O=C(O)C(F)(F)F. The van der Waals surface area contributed by atoms with Crippen LogP contribution >= 0.6 is 0 Å². The lowest BCUT2D eigenvalue weighted by molar-refractivity contribution is -0.193. The number of nitrogens with one attached hydrogen (secondary N) is 1. The number of aliphatic carboxylic acids is 2. The largest absolute Gasteiger partial charge is 0.490 e. The van der Waals surface area contributed by atoms with Crippen molar-refractivity contribution < 1.29 is 59.1 Å². The Morgan fingerprint density at radius 1 is 0.900 bits per heavy atom. The van der Waals surface area contributed by atoms with Gasteiger partial charge in [-0.1, -0.05) is 32.9 Å². The molecular weight excluding hydrogens is 580 g/mol. The Balaban J connectivity index is 0.000000620. The van der Waals surface area contributed by atoms with Gasteiger partial charge in [0.1, 0.15) is 23.3 Å². The van der Waals surface area contributed by atoms with Crippen molar-refractivity contribution in [3.63, 3.8) is 0 Å². The Hall–Kier alpha value is -2.33. The van der Waals surface area contributed by atoms with E-state index >= 15 is 0 Å². The molecule has 2 fully saturated rings. The number of hydrogen-bond acceptors (Lipinski definition) is 4. The topological polar surface area (TPSA) is 107 Å². The van der Waals surface area contributed by atoms with Gasteiger partial charge in [-0.3, -0.25) is 0 Å². The van der Waals surface area contributed by atoms with Gasteiger partial charge in [0.25, 0.3) is 0 Å². The molecule has 3 unspecified atom stereocenters. The molecule has 0 bridgehead atoms. The molecule has 3 N–H and O–H groups in total. The van der Waals surface area contributed by atoms with Crippen LogP contribution in [0.4, 0.5) is 35.1 Å². The van der Waals surface area contributed by atoms with E-state index in [1.165, 1.54) is 5.56 Å². The summed E-state index contributed by atoms with van der Waals surface area (Å²) in [6, 6.07) is 4.23. The summed E-state index contributed by atoms with van der Waals surface area (Å²) in [6.07, 6.45) is -10.4. The van der Waals surface area contributed by atoms with E-state index in [4.69, 9.17) is 19.8 Å².